The summed E-state index contributed by atoms with van der Waals surface area (Å²) in [4.78, 5) is 32.0. The fourth-order valence-electron chi connectivity index (χ4n) is 6.52. The minimum absolute atomic E-state index is 0.324. The second-order valence-corrected chi connectivity index (χ2v) is 12.2. The average Bonchev–Trinajstić information content (AvgIpc) is 3.24. The zero-order valence-electron chi connectivity index (χ0n) is 24.7. The number of carbonyl (C=O) groups excluding carboxylic acids is 2. The molecule has 10 heteroatoms. The van der Waals surface area contributed by atoms with Gasteiger partial charge in [-0.3, -0.25) is 4.79 Å². The Morgan fingerprint density at radius 2 is 1.33 bits per heavy atom. The number of fused-ring (bicyclic) bond motifs is 6. The zero-order chi connectivity index (χ0) is 29.8. The van der Waals surface area contributed by atoms with Gasteiger partial charge in [-0.15, -0.1) is 0 Å². The SMILES string of the molecule is CC(C)(C)OC(=O)NN1C(=O)c2ccccc2C12c1ccc(N3CCOCC3)cc1Oc1cc(N3CCOCC3)ccc12. The molecule has 0 aliphatic carbocycles. The molecule has 2 amide bonds. The van der Waals surface area contributed by atoms with E-state index in [2.05, 4.69) is 27.4 Å². The summed E-state index contributed by atoms with van der Waals surface area (Å²) in [5, 5.41) is 1.43. The highest BCUT2D eigenvalue weighted by Gasteiger charge is 2.57. The molecule has 1 spiro atoms. The second-order valence-electron chi connectivity index (χ2n) is 12.2. The van der Waals surface area contributed by atoms with Gasteiger partial charge in [-0.25, -0.2) is 15.2 Å². The van der Waals surface area contributed by atoms with Crippen LogP contribution in [-0.4, -0.2) is 75.2 Å². The van der Waals surface area contributed by atoms with Gasteiger partial charge in [0.2, 0.25) is 0 Å². The van der Waals surface area contributed by atoms with Crippen LogP contribution in [0.3, 0.4) is 0 Å². The van der Waals surface area contributed by atoms with E-state index in [4.69, 9.17) is 18.9 Å². The van der Waals surface area contributed by atoms with Gasteiger partial charge < -0.3 is 28.7 Å². The topological polar surface area (TPSA) is 92.8 Å². The van der Waals surface area contributed by atoms with Gasteiger partial charge in [0.15, 0.2) is 0 Å². The maximum absolute atomic E-state index is 14.2. The number of rotatable bonds is 3. The van der Waals surface area contributed by atoms with Crippen LogP contribution >= 0.6 is 0 Å². The van der Waals surface area contributed by atoms with E-state index in [9.17, 15) is 9.59 Å². The number of hydrazine groups is 1. The van der Waals surface area contributed by atoms with E-state index in [1.165, 1.54) is 5.01 Å². The molecular formula is C33H36N4O6. The summed E-state index contributed by atoms with van der Waals surface area (Å²) in [5.41, 5.74) is 5.70. The van der Waals surface area contributed by atoms with Gasteiger partial charge in [0, 0.05) is 71.9 Å². The number of hydrogen-bond acceptors (Lipinski definition) is 8. The van der Waals surface area contributed by atoms with Crippen LogP contribution in [0.4, 0.5) is 16.2 Å². The first kappa shape index (κ1) is 27.5. The largest absolute Gasteiger partial charge is 0.456 e. The van der Waals surface area contributed by atoms with Crippen LogP contribution in [0.1, 0.15) is 47.8 Å². The van der Waals surface area contributed by atoms with E-state index < -0.39 is 17.2 Å². The first-order valence-electron chi connectivity index (χ1n) is 14.8. The Hall–Kier alpha value is -4.28. The van der Waals surface area contributed by atoms with E-state index in [1.807, 2.05) is 42.5 Å². The molecule has 10 nitrogen and oxygen atoms in total. The van der Waals surface area contributed by atoms with E-state index in [0.29, 0.717) is 43.5 Å². The number of carbonyl (C=O) groups is 2. The first-order chi connectivity index (χ1) is 20.8. The molecule has 2 fully saturated rings. The van der Waals surface area contributed by atoms with Crippen LogP contribution < -0.4 is 20.0 Å². The maximum Gasteiger partial charge on any atom is 0.426 e. The lowest BCUT2D eigenvalue weighted by atomic mass is 9.75. The van der Waals surface area contributed by atoms with Gasteiger partial charge in [0.25, 0.3) is 5.91 Å². The van der Waals surface area contributed by atoms with E-state index in [-0.39, 0.29) is 5.91 Å². The summed E-state index contributed by atoms with van der Waals surface area (Å²) in [5.74, 6) is 0.919. The Bertz CT molecular complexity index is 1500. The molecule has 0 aromatic heterocycles. The fourth-order valence-corrected chi connectivity index (χ4v) is 6.52. The van der Waals surface area contributed by atoms with Crippen molar-refractivity contribution in [3.8, 4) is 11.5 Å². The van der Waals surface area contributed by atoms with Crippen molar-refractivity contribution in [2.75, 3.05) is 62.4 Å². The van der Waals surface area contributed by atoms with Crippen molar-refractivity contribution in [1.29, 1.82) is 0 Å². The molecule has 0 radical (unpaired) electrons. The van der Waals surface area contributed by atoms with Gasteiger partial charge >= 0.3 is 6.09 Å². The monoisotopic (exact) mass is 584 g/mol. The fraction of sp³-hybridized carbons (Fsp3) is 0.394. The summed E-state index contributed by atoms with van der Waals surface area (Å²) in [6.07, 6.45) is -0.711. The van der Waals surface area contributed by atoms with Gasteiger partial charge in [-0.2, -0.15) is 0 Å². The second kappa shape index (κ2) is 10.5. The quantitative estimate of drug-likeness (QED) is 0.476. The van der Waals surface area contributed by atoms with Crippen molar-refractivity contribution < 1.29 is 28.5 Å². The highest BCUT2D eigenvalue weighted by Crippen LogP contribution is 2.57. The third kappa shape index (κ3) is 4.65. The third-order valence-corrected chi connectivity index (χ3v) is 8.37. The zero-order valence-corrected chi connectivity index (χ0v) is 24.7. The molecule has 0 saturated carbocycles. The molecule has 0 bridgehead atoms. The highest BCUT2D eigenvalue weighted by atomic mass is 16.6. The number of nitrogens with zero attached hydrogens (tertiary/aromatic N) is 3. The molecule has 0 unspecified atom stereocenters. The smallest absolute Gasteiger partial charge is 0.426 e. The van der Waals surface area contributed by atoms with Crippen molar-refractivity contribution in [2.24, 2.45) is 0 Å². The Balaban J connectivity index is 1.43. The van der Waals surface area contributed by atoms with Crippen LogP contribution in [0, 0.1) is 0 Å². The van der Waals surface area contributed by atoms with Crippen molar-refractivity contribution in [3.05, 3.63) is 82.9 Å². The summed E-state index contributed by atoms with van der Waals surface area (Å²) >= 11 is 0. The Morgan fingerprint density at radius 1 is 0.791 bits per heavy atom. The number of nitrogens with one attached hydrogen (secondary N) is 1. The molecule has 3 aromatic carbocycles. The number of ether oxygens (including phenoxy) is 4. The Kier molecular flexibility index (Phi) is 6.70. The minimum atomic E-state index is -1.19. The van der Waals surface area contributed by atoms with Gasteiger partial charge in [-0.05, 0) is 39.0 Å². The molecule has 224 valence electrons. The first-order valence-corrected chi connectivity index (χ1v) is 14.8. The lowest BCUT2D eigenvalue weighted by Crippen LogP contribution is -2.56. The standard InChI is InChI=1S/C33H36N4O6/c1-32(2,3)43-31(39)34-37-30(38)24-6-4-5-7-25(24)33(37)26-10-8-22(35-12-16-40-17-13-35)20-28(26)42-29-21-23(9-11-27(29)33)36-14-18-41-19-15-36/h4-11,20-21H,12-19H2,1-3H3,(H,34,39). The predicted octanol–water partition coefficient (Wildman–Crippen LogP) is 4.65. The molecule has 4 aliphatic rings. The van der Waals surface area contributed by atoms with Crippen LogP contribution in [0.5, 0.6) is 11.5 Å². The van der Waals surface area contributed by atoms with Crippen molar-refractivity contribution in [3.63, 3.8) is 0 Å². The van der Waals surface area contributed by atoms with Crippen LogP contribution in [0.25, 0.3) is 0 Å². The van der Waals surface area contributed by atoms with Gasteiger partial charge in [-0.1, -0.05) is 30.3 Å². The molecule has 3 aromatic rings. The number of morpholine rings is 2. The number of amides is 2. The lowest BCUT2D eigenvalue weighted by molar-refractivity contribution is 0.0181. The molecular weight excluding hydrogens is 548 g/mol. The van der Waals surface area contributed by atoms with E-state index in [0.717, 1.165) is 54.2 Å². The van der Waals surface area contributed by atoms with Gasteiger partial charge in [0.1, 0.15) is 22.6 Å². The van der Waals surface area contributed by atoms with E-state index in [1.54, 1.807) is 26.8 Å². The molecule has 0 atom stereocenters. The van der Waals surface area contributed by atoms with Crippen molar-refractivity contribution >= 4 is 23.4 Å². The van der Waals surface area contributed by atoms with E-state index >= 15 is 0 Å². The lowest BCUT2D eigenvalue weighted by Gasteiger charge is -2.44. The summed E-state index contributed by atoms with van der Waals surface area (Å²) in [6.45, 7) is 11.1. The van der Waals surface area contributed by atoms with Crippen LogP contribution in [-0.2, 0) is 19.7 Å². The minimum Gasteiger partial charge on any atom is -0.456 e. The maximum atomic E-state index is 14.2. The molecule has 43 heavy (non-hydrogen) atoms. The van der Waals surface area contributed by atoms with Crippen LogP contribution in [0.15, 0.2) is 60.7 Å². The summed E-state index contributed by atoms with van der Waals surface area (Å²) in [7, 11) is 0. The molecule has 7 rings (SSSR count). The van der Waals surface area contributed by atoms with Crippen molar-refractivity contribution in [1.82, 2.24) is 10.4 Å². The Morgan fingerprint density at radius 3 is 1.86 bits per heavy atom. The predicted molar refractivity (Wildman–Crippen MR) is 161 cm³/mol. The van der Waals surface area contributed by atoms with Gasteiger partial charge in [0.05, 0.1) is 26.4 Å². The number of hydrogen-bond donors (Lipinski definition) is 1. The highest BCUT2D eigenvalue weighted by molar-refractivity contribution is 6.03. The van der Waals surface area contributed by atoms with Crippen LogP contribution in [0.2, 0.25) is 0 Å². The summed E-state index contributed by atoms with van der Waals surface area (Å²) < 4.78 is 23.5. The third-order valence-electron chi connectivity index (χ3n) is 8.37. The molecule has 1 N–H and O–H groups in total. The number of benzene rings is 3. The molecule has 2 saturated heterocycles. The van der Waals surface area contributed by atoms with Crippen molar-refractivity contribution in [2.45, 2.75) is 31.9 Å². The summed E-state index contributed by atoms with van der Waals surface area (Å²) in [6, 6.07) is 19.7. The molecule has 4 aliphatic heterocycles. The average molecular weight is 585 g/mol. The normalized spacial score (nSPS) is 19.0. The Labute approximate surface area is 251 Å². The molecule has 4 heterocycles. The number of anilines is 2.